The highest BCUT2D eigenvalue weighted by Gasteiger charge is 2.26. The number of benzene rings is 1. The number of rotatable bonds is 5. The molecular weight excluding hydrogens is 397 g/mol. The van der Waals surface area contributed by atoms with Crippen molar-refractivity contribution in [2.24, 2.45) is 0 Å². The fourth-order valence-corrected chi connectivity index (χ4v) is 3.82. The summed E-state index contributed by atoms with van der Waals surface area (Å²) in [6, 6.07) is 1.95. The van der Waals surface area contributed by atoms with Gasteiger partial charge in [0.05, 0.1) is 15.6 Å². The average Bonchev–Trinajstić information content (AvgIpc) is 2.45. The lowest BCUT2D eigenvalue weighted by atomic mass is 10.2. The molecular formula is C10H12Cl3N3O4S2. The van der Waals surface area contributed by atoms with E-state index in [1.54, 1.807) is 0 Å². The van der Waals surface area contributed by atoms with Crippen molar-refractivity contribution >= 4 is 65.6 Å². The van der Waals surface area contributed by atoms with Crippen LogP contribution in [-0.2, 0) is 20.0 Å². The molecule has 0 heterocycles. The van der Waals surface area contributed by atoms with Gasteiger partial charge in [0.2, 0.25) is 20.0 Å². The molecule has 7 nitrogen and oxygen atoms in total. The number of nitrogens with one attached hydrogen (secondary N) is 2. The Bertz CT molecular complexity index is 831. The predicted molar refractivity (Wildman–Crippen MR) is 87.8 cm³/mol. The van der Waals surface area contributed by atoms with Crippen LogP contribution < -0.4 is 15.2 Å². The Labute approximate surface area is 143 Å². The average molecular weight is 409 g/mol. The summed E-state index contributed by atoms with van der Waals surface area (Å²) in [5, 5.41) is -0.280. The maximum Gasteiger partial charge on any atom is 0.242 e. The van der Waals surface area contributed by atoms with E-state index in [0.29, 0.717) is 0 Å². The lowest BCUT2D eigenvalue weighted by molar-refractivity contribution is 0.586. The summed E-state index contributed by atoms with van der Waals surface area (Å²) in [6.45, 7) is 0. The van der Waals surface area contributed by atoms with E-state index in [0.717, 1.165) is 26.2 Å². The topological polar surface area (TPSA) is 118 Å². The van der Waals surface area contributed by atoms with E-state index in [1.165, 1.54) is 0 Å². The molecule has 0 aliphatic rings. The maximum absolute atomic E-state index is 12.1. The number of nitrogen functional groups attached to an aromatic ring is 1. The van der Waals surface area contributed by atoms with E-state index in [1.807, 2.05) is 4.72 Å². The van der Waals surface area contributed by atoms with Crippen LogP contribution in [0.25, 0.3) is 5.03 Å². The van der Waals surface area contributed by atoms with Gasteiger partial charge in [0.1, 0.15) is 9.39 Å². The molecule has 0 amide bonds. The molecule has 0 unspecified atom stereocenters. The van der Waals surface area contributed by atoms with Gasteiger partial charge < -0.3 is 5.73 Å². The van der Waals surface area contributed by atoms with Crippen LogP contribution in [0.3, 0.4) is 0 Å². The van der Waals surface area contributed by atoms with Crippen LogP contribution >= 0.6 is 34.8 Å². The largest absolute Gasteiger partial charge is 0.398 e. The van der Waals surface area contributed by atoms with Gasteiger partial charge in [-0.1, -0.05) is 34.8 Å². The summed E-state index contributed by atoms with van der Waals surface area (Å²) in [7, 11) is -5.71. The van der Waals surface area contributed by atoms with Gasteiger partial charge in [0.15, 0.2) is 0 Å². The zero-order valence-corrected chi connectivity index (χ0v) is 15.2. The van der Waals surface area contributed by atoms with Gasteiger partial charge >= 0.3 is 0 Å². The van der Waals surface area contributed by atoms with Gasteiger partial charge in [-0.2, -0.15) is 0 Å². The molecule has 0 spiro atoms. The summed E-state index contributed by atoms with van der Waals surface area (Å²) in [6.07, 6.45) is 0. The third-order valence-corrected chi connectivity index (χ3v) is 6.52. The van der Waals surface area contributed by atoms with Gasteiger partial charge in [-0.25, -0.2) is 26.3 Å². The van der Waals surface area contributed by atoms with Crippen molar-refractivity contribution in [3.8, 4) is 0 Å². The summed E-state index contributed by atoms with van der Waals surface area (Å²) in [5.74, 6) is 0. The molecule has 1 aromatic carbocycles. The number of sulfonamides is 2. The van der Waals surface area contributed by atoms with Crippen LogP contribution in [-0.4, -0.2) is 30.9 Å². The van der Waals surface area contributed by atoms with Crippen LogP contribution in [0.1, 0.15) is 5.56 Å². The third kappa shape index (κ3) is 3.85. The van der Waals surface area contributed by atoms with Crippen LogP contribution in [0.2, 0.25) is 0 Å². The minimum Gasteiger partial charge on any atom is -0.398 e. The Morgan fingerprint density at radius 1 is 0.955 bits per heavy atom. The molecule has 0 aromatic heterocycles. The van der Waals surface area contributed by atoms with Crippen LogP contribution in [0, 0.1) is 0 Å². The van der Waals surface area contributed by atoms with Crippen LogP contribution in [0.4, 0.5) is 5.69 Å². The van der Waals surface area contributed by atoms with Crippen molar-refractivity contribution in [2.45, 2.75) is 9.79 Å². The molecule has 0 fully saturated rings. The number of hydrogen-bond donors (Lipinski definition) is 3. The van der Waals surface area contributed by atoms with E-state index >= 15 is 0 Å². The fourth-order valence-electron chi connectivity index (χ4n) is 1.53. The third-order valence-electron chi connectivity index (χ3n) is 2.63. The molecule has 0 saturated heterocycles. The number of nitrogens with two attached hydrogens (primary N) is 1. The second kappa shape index (κ2) is 6.91. The fraction of sp³-hybridized carbons (Fsp3) is 0.200. The van der Waals surface area contributed by atoms with Crippen molar-refractivity contribution in [1.82, 2.24) is 9.44 Å². The van der Waals surface area contributed by atoms with Crippen molar-refractivity contribution < 1.29 is 16.8 Å². The number of hydrogen-bond acceptors (Lipinski definition) is 5. The molecule has 4 N–H and O–H groups in total. The van der Waals surface area contributed by atoms with Gasteiger partial charge in [-0.15, -0.1) is 0 Å². The Morgan fingerprint density at radius 3 is 1.82 bits per heavy atom. The maximum atomic E-state index is 12.1. The standard InChI is InChI=1S/C10H12Cl3N3O4S2/c1-15-21(17,18)7-4-8(22(19,20)16-2)6(14)3-5(7)9(11)10(12)13/h3-4,15-16H,14H2,1-2H3. The minimum absolute atomic E-state index is 0.122. The molecule has 0 atom stereocenters. The second-order valence-corrected chi connectivity index (χ2v) is 8.91. The zero-order chi connectivity index (χ0) is 17.3. The lowest BCUT2D eigenvalue weighted by Crippen LogP contribution is -2.23. The predicted octanol–water partition coefficient (Wildman–Crippen LogP) is 1.43. The molecule has 22 heavy (non-hydrogen) atoms. The highest BCUT2D eigenvalue weighted by molar-refractivity contribution is 7.90. The van der Waals surface area contributed by atoms with Crippen LogP contribution in [0.15, 0.2) is 26.4 Å². The summed E-state index contributed by atoms with van der Waals surface area (Å²) >= 11 is 17.0. The number of halogens is 3. The first-order valence-corrected chi connectivity index (χ1v) is 9.59. The van der Waals surface area contributed by atoms with Gasteiger partial charge in [0, 0.05) is 5.56 Å². The normalized spacial score (nSPS) is 12.2. The summed E-state index contributed by atoms with van der Waals surface area (Å²) < 4.78 is 51.7. The Hall–Kier alpha value is -0.550. The van der Waals surface area contributed by atoms with Crippen molar-refractivity contribution in [3.05, 3.63) is 22.2 Å². The molecule has 0 aliphatic carbocycles. The van der Waals surface area contributed by atoms with E-state index < -0.39 is 34.3 Å². The molecule has 0 saturated carbocycles. The van der Waals surface area contributed by atoms with Crippen LogP contribution in [0.5, 0.6) is 0 Å². The van der Waals surface area contributed by atoms with Gasteiger partial charge in [0.25, 0.3) is 0 Å². The van der Waals surface area contributed by atoms with E-state index in [2.05, 4.69) is 4.72 Å². The van der Waals surface area contributed by atoms with Gasteiger partial charge in [-0.05, 0) is 26.2 Å². The Balaban J connectivity index is 3.92. The zero-order valence-electron chi connectivity index (χ0n) is 11.3. The minimum atomic E-state index is -4.05. The first-order chi connectivity index (χ1) is 9.97. The quantitative estimate of drug-likeness (QED) is 0.637. The molecule has 0 bridgehead atoms. The van der Waals surface area contributed by atoms with Crippen molar-refractivity contribution in [1.29, 1.82) is 0 Å². The van der Waals surface area contributed by atoms with E-state index in [9.17, 15) is 16.8 Å². The molecule has 12 heteroatoms. The smallest absolute Gasteiger partial charge is 0.242 e. The molecule has 124 valence electrons. The monoisotopic (exact) mass is 407 g/mol. The second-order valence-electron chi connectivity index (χ2n) is 3.88. The van der Waals surface area contributed by atoms with Crippen molar-refractivity contribution in [3.63, 3.8) is 0 Å². The van der Waals surface area contributed by atoms with E-state index in [4.69, 9.17) is 40.5 Å². The Morgan fingerprint density at radius 2 is 1.41 bits per heavy atom. The molecule has 1 aromatic rings. The lowest BCUT2D eigenvalue weighted by Gasteiger charge is -2.14. The SMILES string of the molecule is CNS(=O)(=O)c1cc(S(=O)(=O)NC)c(C(Cl)=C(Cl)Cl)cc1N. The number of anilines is 1. The highest BCUT2D eigenvalue weighted by Crippen LogP contribution is 2.36. The summed E-state index contributed by atoms with van der Waals surface area (Å²) in [4.78, 5) is -0.843. The first kappa shape index (κ1) is 19.5. The Kier molecular flexibility index (Phi) is 6.13. The molecule has 0 radical (unpaired) electrons. The van der Waals surface area contributed by atoms with Crippen molar-refractivity contribution in [2.75, 3.05) is 19.8 Å². The van der Waals surface area contributed by atoms with Gasteiger partial charge in [-0.3, -0.25) is 0 Å². The molecule has 1 rings (SSSR count). The highest BCUT2D eigenvalue weighted by atomic mass is 35.5. The molecule has 0 aliphatic heterocycles. The van der Waals surface area contributed by atoms with E-state index in [-0.39, 0.29) is 16.3 Å². The first-order valence-electron chi connectivity index (χ1n) is 5.49. The summed E-state index contributed by atoms with van der Waals surface area (Å²) in [5.41, 5.74) is 5.34.